The van der Waals surface area contributed by atoms with Gasteiger partial charge < -0.3 is 20.5 Å². The van der Waals surface area contributed by atoms with Crippen LogP contribution in [0.2, 0.25) is 0 Å². The van der Waals surface area contributed by atoms with Gasteiger partial charge in [0.05, 0.1) is 5.54 Å². The van der Waals surface area contributed by atoms with Crippen molar-refractivity contribution in [1.29, 1.82) is 0 Å². The number of carbonyl (C=O) groups is 1. The van der Waals surface area contributed by atoms with Crippen molar-refractivity contribution in [3.63, 3.8) is 0 Å². The predicted molar refractivity (Wildman–Crippen MR) is 67.8 cm³/mol. The number of rotatable bonds is 10. The second kappa shape index (κ2) is 8.44. The van der Waals surface area contributed by atoms with E-state index in [2.05, 4.69) is 5.32 Å². The minimum atomic E-state index is -0.699. The van der Waals surface area contributed by atoms with Crippen LogP contribution in [0.25, 0.3) is 0 Å². The zero-order valence-corrected chi connectivity index (χ0v) is 11.4. The molecule has 0 aromatic carbocycles. The van der Waals surface area contributed by atoms with Gasteiger partial charge in [0, 0.05) is 33.0 Å². The largest absolute Gasteiger partial charge is 0.385 e. The van der Waals surface area contributed by atoms with Gasteiger partial charge in [-0.15, -0.1) is 0 Å². The van der Waals surface area contributed by atoms with Crippen molar-refractivity contribution in [1.82, 2.24) is 5.32 Å². The molecular weight excluding hydrogens is 220 g/mol. The molecule has 0 aromatic rings. The summed E-state index contributed by atoms with van der Waals surface area (Å²) in [7, 11) is 1.66. The summed E-state index contributed by atoms with van der Waals surface area (Å²) in [6, 6.07) is 0.209. The summed E-state index contributed by atoms with van der Waals surface area (Å²) in [5.74, 6) is -0.341. The van der Waals surface area contributed by atoms with Gasteiger partial charge in [-0.3, -0.25) is 4.79 Å². The average molecular weight is 246 g/mol. The van der Waals surface area contributed by atoms with E-state index >= 15 is 0 Å². The van der Waals surface area contributed by atoms with Crippen LogP contribution in [0.4, 0.5) is 0 Å². The van der Waals surface area contributed by atoms with Crippen molar-refractivity contribution < 1.29 is 14.3 Å². The summed E-state index contributed by atoms with van der Waals surface area (Å²) in [6.07, 6.45) is 1.44. The smallest absolute Gasteiger partial charge is 0.237 e. The Kier molecular flexibility index (Phi) is 8.12. The molecule has 0 aliphatic rings. The zero-order valence-electron chi connectivity index (χ0n) is 11.4. The SMILES string of the molecule is COCCCOCCC(C)(NC(C)C)C(N)=O. The van der Waals surface area contributed by atoms with Crippen LogP contribution < -0.4 is 11.1 Å². The number of carbonyl (C=O) groups excluding carboxylic acids is 1. The first kappa shape index (κ1) is 16.4. The van der Waals surface area contributed by atoms with Crippen LogP contribution >= 0.6 is 0 Å². The van der Waals surface area contributed by atoms with Gasteiger partial charge in [-0.05, 0) is 33.6 Å². The Morgan fingerprint density at radius 3 is 2.47 bits per heavy atom. The molecule has 0 radical (unpaired) electrons. The van der Waals surface area contributed by atoms with Crippen molar-refractivity contribution >= 4 is 5.91 Å². The molecule has 5 nitrogen and oxygen atoms in total. The molecule has 0 bridgehead atoms. The highest BCUT2D eigenvalue weighted by molar-refractivity contribution is 5.84. The molecule has 0 aromatic heterocycles. The maximum atomic E-state index is 11.4. The third-order valence-electron chi connectivity index (χ3n) is 2.53. The summed E-state index contributed by atoms with van der Waals surface area (Å²) in [6.45, 7) is 7.64. The minimum Gasteiger partial charge on any atom is -0.385 e. The molecule has 0 saturated carbocycles. The third-order valence-corrected chi connectivity index (χ3v) is 2.53. The van der Waals surface area contributed by atoms with Crippen molar-refractivity contribution in [2.45, 2.75) is 45.2 Å². The first-order chi connectivity index (χ1) is 7.92. The summed E-state index contributed by atoms with van der Waals surface area (Å²) >= 11 is 0. The van der Waals surface area contributed by atoms with Crippen LogP contribution in [0.1, 0.15) is 33.6 Å². The van der Waals surface area contributed by atoms with Gasteiger partial charge >= 0.3 is 0 Å². The van der Waals surface area contributed by atoms with Crippen LogP contribution in [0, 0.1) is 0 Å². The molecule has 0 spiro atoms. The van der Waals surface area contributed by atoms with E-state index in [-0.39, 0.29) is 11.9 Å². The molecule has 1 unspecified atom stereocenters. The van der Waals surface area contributed by atoms with Gasteiger partial charge in [-0.25, -0.2) is 0 Å². The van der Waals surface area contributed by atoms with Gasteiger partial charge in [0.25, 0.3) is 0 Å². The molecule has 0 aliphatic carbocycles. The number of primary amides is 1. The zero-order chi connectivity index (χ0) is 13.3. The molecule has 3 N–H and O–H groups in total. The van der Waals surface area contributed by atoms with E-state index in [4.69, 9.17) is 15.2 Å². The predicted octanol–water partition coefficient (Wildman–Crippen LogP) is 0.672. The summed E-state index contributed by atoms with van der Waals surface area (Å²) in [4.78, 5) is 11.4. The lowest BCUT2D eigenvalue weighted by molar-refractivity contribution is -0.124. The summed E-state index contributed by atoms with van der Waals surface area (Å²) in [5.41, 5.74) is 4.71. The van der Waals surface area contributed by atoms with Crippen molar-refractivity contribution in [2.24, 2.45) is 5.73 Å². The number of hydrogen-bond donors (Lipinski definition) is 2. The average Bonchev–Trinajstić information content (AvgIpc) is 2.22. The fourth-order valence-corrected chi connectivity index (χ4v) is 1.59. The van der Waals surface area contributed by atoms with Gasteiger partial charge in [-0.2, -0.15) is 0 Å². The lowest BCUT2D eigenvalue weighted by Crippen LogP contribution is -2.56. The Balaban J connectivity index is 3.89. The van der Waals surface area contributed by atoms with Crippen molar-refractivity contribution in [3.05, 3.63) is 0 Å². The number of nitrogens with one attached hydrogen (secondary N) is 1. The van der Waals surface area contributed by atoms with E-state index in [0.717, 1.165) is 6.42 Å². The molecule has 17 heavy (non-hydrogen) atoms. The monoisotopic (exact) mass is 246 g/mol. The Bertz CT molecular complexity index is 222. The van der Waals surface area contributed by atoms with Crippen molar-refractivity contribution in [3.8, 4) is 0 Å². The number of methoxy groups -OCH3 is 1. The maximum Gasteiger partial charge on any atom is 0.237 e. The van der Waals surface area contributed by atoms with Crippen LogP contribution in [0.3, 0.4) is 0 Å². The normalized spacial score (nSPS) is 14.9. The maximum absolute atomic E-state index is 11.4. The number of nitrogens with two attached hydrogens (primary N) is 1. The number of hydrogen-bond acceptors (Lipinski definition) is 4. The molecule has 0 heterocycles. The molecule has 102 valence electrons. The van der Waals surface area contributed by atoms with E-state index in [0.29, 0.717) is 26.2 Å². The van der Waals surface area contributed by atoms with E-state index in [9.17, 15) is 4.79 Å². The lowest BCUT2D eigenvalue weighted by atomic mass is 9.96. The Hall–Kier alpha value is -0.650. The second-order valence-corrected chi connectivity index (χ2v) is 4.70. The fourth-order valence-electron chi connectivity index (χ4n) is 1.59. The molecule has 1 amide bonds. The highest BCUT2D eigenvalue weighted by atomic mass is 16.5. The van der Waals surface area contributed by atoms with Crippen LogP contribution in [0.15, 0.2) is 0 Å². The Morgan fingerprint density at radius 2 is 2.00 bits per heavy atom. The van der Waals surface area contributed by atoms with Gasteiger partial charge in [-0.1, -0.05) is 0 Å². The molecule has 1 atom stereocenters. The number of ether oxygens (including phenoxy) is 2. The quantitative estimate of drug-likeness (QED) is 0.556. The molecule has 0 saturated heterocycles. The standard InChI is InChI=1S/C12H26N2O3/c1-10(2)14-12(3,11(13)15)6-9-17-8-5-7-16-4/h10,14H,5-9H2,1-4H3,(H2,13,15). The molecule has 0 fully saturated rings. The van der Waals surface area contributed by atoms with Crippen LogP contribution in [-0.4, -0.2) is 44.4 Å². The lowest BCUT2D eigenvalue weighted by Gasteiger charge is -2.29. The van der Waals surface area contributed by atoms with E-state index < -0.39 is 5.54 Å². The Morgan fingerprint density at radius 1 is 1.35 bits per heavy atom. The highest BCUT2D eigenvalue weighted by Crippen LogP contribution is 2.10. The Labute approximate surface area is 104 Å². The first-order valence-electron chi connectivity index (χ1n) is 6.06. The summed E-state index contributed by atoms with van der Waals surface area (Å²) in [5, 5.41) is 3.18. The highest BCUT2D eigenvalue weighted by Gasteiger charge is 2.30. The van der Waals surface area contributed by atoms with Crippen LogP contribution in [0.5, 0.6) is 0 Å². The minimum absolute atomic E-state index is 0.209. The van der Waals surface area contributed by atoms with Gasteiger partial charge in [0.2, 0.25) is 5.91 Å². The van der Waals surface area contributed by atoms with Gasteiger partial charge in [0.15, 0.2) is 0 Å². The fraction of sp³-hybridized carbons (Fsp3) is 0.917. The molecule has 0 aliphatic heterocycles. The topological polar surface area (TPSA) is 73.6 Å². The molecule has 0 rings (SSSR count). The first-order valence-corrected chi connectivity index (χ1v) is 6.06. The van der Waals surface area contributed by atoms with Crippen LogP contribution in [-0.2, 0) is 14.3 Å². The second-order valence-electron chi connectivity index (χ2n) is 4.70. The van der Waals surface area contributed by atoms with E-state index in [1.165, 1.54) is 0 Å². The third kappa shape index (κ3) is 7.31. The number of amides is 1. The molecule has 5 heteroatoms. The van der Waals surface area contributed by atoms with E-state index in [1.807, 2.05) is 20.8 Å². The van der Waals surface area contributed by atoms with Gasteiger partial charge in [0.1, 0.15) is 0 Å². The molecular formula is C12H26N2O3. The van der Waals surface area contributed by atoms with E-state index in [1.54, 1.807) is 7.11 Å². The summed E-state index contributed by atoms with van der Waals surface area (Å²) < 4.78 is 10.3. The van der Waals surface area contributed by atoms with Crippen molar-refractivity contribution in [2.75, 3.05) is 26.9 Å².